The molecule has 0 fully saturated rings. The molecule has 0 spiro atoms. The number of hydrogen-bond acceptors (Lipinski definition) is 1. The maximum absolute atomic E-state index is 5.87. The van der Waals surface area contributed by atoms with E-state index >= 15 is 0 Å². The molecule has 0 unspecified atom stereocenters. The van der Waals surface area contributed by atoms with Crippen LogP contribution in [0.25, 0.3) is 0 Å². The molecule has 0 N–H and O–H groups in total. The molecule has 0 radical (unpaired) electrons. The van der Waals surface area contributed by atoms with Crippen molar-refractivity contribution >= 4 is 11.6 Å². The second kappa shape index (κ2) is 5.95. The second-order valence-corrected chi connectivity index (χ2v) is 4.37. The zero-order valence-electron chi connectivity index (χ0n) is 10.2. The molecule has 2 heteroatoms. The Morgan fingerprint density at radius 1 is 1.25 bits per heavy atom. The van der Waals surface area contributed by atoms with Crippen molar-refractivity contribution in [2.24, 2.45) is 5.41 Å². The fourth-order valence-electron chi connectivity index (χ4n) is 1.49. The number of para-hydroxylation sites is 1. The van der Waals surface area contributed by atoms with Gasteiger partial charge in [0, 0.05) is 11.0 Å². The predicted octanol–water partition coefficient (Wildman–Crippen LogP) is 4.97. The lowest BCUT2D eigenvalue weighted by Gasteiger charge is -2.29. The Bertz CT molecular complexity index is 339. The van der Waals surface area contributed by atoms with Gasteiger partial charge in [0.15, 0.2) is 0 Å². The molecule has 0 saturated heterocycles. The molecule has 88 valence electrons. The largest absolute Gasteiger partial charge is 0.460 e. The van der Waals surface area contributed by atoms with Gasteiger partial charge in [-0.15, -0.1) is 0 Å². The van der Waals surface area contributed by atoms with Crippen LogP contribution in [-0.4, -0.2) is 0 Å². The summed E-state index contributed by atoms with van der Waals surface area (Å²) in [6.45, 7) is 6.47. The number of benzene rings is 1. The molecule has 1 aromatic carbocycles. The van der Waals surface area contributed by atoms with Gasteiger partial charge in [-0.05, 0) is 25.0 Å². The summed E-state index contributed by atoms with van der Waals surface area (Å²) in [5.74, 6) is 1.67. The van der Waals surface area contributed by atoms with Gasteiger partial charge in [-0.2, -0.15) is 0 Å². The van der Waals surface area contributed by atoms with E-state index in [1.165, 1.54) is 0 Å². The van der Waals surface area contributed by atoms with Gasteiger partial charge in [-0.3, -0.25) is 0 Å². The number of rotatable bonds is 5. The van der Waals surface area contributed by atoms with Crippen LogP contribution in [0.2, 0.25) is 0 Å². The second-order valence-electron chi connectivity index (χ2n) is 4.16. The van der Waals surface area contributed by atoms with E-state index in [-0.39, 0.29) is 5.41 Å². The molecule has 0 bridgehead atoms. The van der Waals surface area contributed by atoms with Crippen LogP contribution in [0.1, 0.15) is 33.6 Å². The van der Waals surface area contributed by atoms with Crippen LogP contribution in [0.3, 0.4) is 0 Å². The van der Waals surface area contributed by atoms with Crippen LogP contribution < -0.4 is 4.74 Å². The fraction of sp³-hybridized carbons (Fsp3) is 0.429. The lowest BCUT2D eigenvalue weighted by Crippen LogP contribution is -2.21. The van der Waals surface area contributed by atoms with E-state index in [4.69, 9.17) is 16.3 Å². The highest BCUT2D eigenvalue weighted by molar-refractivity contribution is 6.25. The van der Waals surface area contributed by atoms with E-state index in [1.54, 1.807) is 5.54 Å². The summed E-state index contributed by atoms with van der Waals surface area (Å²) >= 11 is 5.87. The van der Waals surface area contributed by atoms with Crippen molar-refractivity contribution in [1.82, 2.24) is 0 Å². The van der Waals surface area contributed by atoms with Gasteiger partial charge in [0.2, 0.25) is 0 Å². The highest BCUT2D eigenvalue weighted by atomic mass is 35.5. The molecule has 0 aliphatic rings. The van der Waals surface area contributed by atoms with Crippen molar-refractivity contribution in [1.29, 1.82) is 0 Å². The Labute approximate surface area is 103 Å². The Balaban J connectivity index is 2.85. The van der Waals surface area contributed by atoms with Crippen molar-refractivity contribution in [3.8, 4) is 5.75 Å². The molecule has 0 heterocycles. The summed E-state index contributed by atoms with van der Waals surface area (Å²) in [4.78, 5) is 0. The number of hydrogen-bond donors (Lipinski definition) is 0. The Hall–Kier alpha value is -0.950. The molecule has 0 aliphatic carbocycles. The van der Waals surface area contributed by atoms with Crippen molar-refractivity contribution in [2.45, 2.75) is 33.6 Å². The van der Waals surface area contributed by atoms with Gasteiger partial charge in [0.1, 0.15) is 11.5 Å². The summed E-state index contributed by atoms with van der Waals surface area (Å²) < 4.78 is 5.84. The van der Waals surface area contributed by atoms with E-state index in [0.717, 1.165) is 24.4 Å². The highest BCUT2D eigenvalue weighted by Gasteiger charge is 2.27. The average molecular weight is 239 g/mol. The summed E-state index contributed by atoms with van der Waals surface area (Å²) in [6, 6.07) is 9.75. The van der Waals surface area contributed by atoms with Crippen LogP contribution in [-0.2, 0) is 0 Å². The first-order valence-corrected chi connectivity index (χ1v) is 6.13. The van der Waals surface area contributed by atoms with E-state index in [0.29, 0.717) is 0 Å². The van der Waals surface area contributed by atoms with Gasteiger partial charge in [-0.25, -0.2) is 0 Å². The molecule has 0 aliphatic heterocycles. The monoisotopic (exact) mass is 238 g/mol. The van der Waals surface area contributed by atoms with Crippen molar-refractivity contribution < 1.29 is 4.74 Å². The molecule has 1 aromatic rings. The average Bonchev–Trinajstić information content (AvgIpc) is 2.36. The van der Waals surface area contributed by atoms with Gasteiger partial charge >= 0.3 is 0 Å². The minimum Gasteiger partial charge on any atom is -0.460 e. The van der Waals surface area contributed by atoms with E-state index in [1.807, 2.05) is 30.3 Å². The molecule has 1 nitrogen and oxygen atoms in total. The number of allylic oxidation sites excluding steroid dienone is 1. The van der Waals surface area contributed by atoms with Crippen molar-refractivity contribution in [3.63, 3.8) is 0 Å². The molecular weight excluding hydrogens is 220 g/mol. The molecule has 0 aromatic heterocycles. The van der Waals surface area contributed by atoms with Crippen molar-refractivity contribution in [3.05, 3.63) is 41.6 Å². The van der Waals surface area contributed by atoms with Crippen molar-refractivity contribution in [2.75, 3.05) is 0 Å². The topological polar surface area (TPSA) is 9.23 Å². The minimum absolute atomic E-state index is 0.0115. The first-order valence-electron chi connectivity index (χ1n) is 5.70. The molecule has 0 saturated carbocycles. The standard InChI is InChI=1S/C14H19ClO/c1-4-14(3,5-2)13(11-15)16-12-9-7-6-8-10-12/h6-11H,4-5H2,1-3H3. The van der Waals surface area contributed by atoms with Crippen LogP contribution in [0.15, 0.2) is 41.6 Å². The molecular formula is C14H19ClO. The third-order valence-electron chi connectivity index (χ3n) is 3.23. The van der Waals surface area contributed by atoms with Gasteiger partial charge in [0.05, 0.1) is 0 Å². The van der Waals surface area contributed by atoms with E-state index < -0.39 is 0 Å². The van der Waals surface area contributed by atoms with E-state index in [2.05, 4.69) is 20.8 Å². The third-order valence-corrected chi connectivity index (χ3v) is 3.42. The van der Waals surface area contributed by atoms with Crippen LogP contribution in [0.4, 0.5) is 0 Å². The quantitative estimate of drug-likeness (QED) is 0.658. The maximum Gasteiger partial charge on any atom is 0.127 e. The highest BCUT2D eigenvalue weighted by Crippen LogP contribution is 2.36. The zero-order chi connectivity index (χ0) is 12.0. The van der Waals surface area contributed by atoms with Gasteiger partial charge in [0.25, 0.3) is 0 Å². The summed E-state index contributed by atoms with van der Waals surface area (Å²) in [5, 5.41) is 0. The predicted molar refractivity (Wildman–Crippen MR) is 69.7 cm³/mol. The molecule has 1 rings (SSSR count). The molecule has 0 atom stereocenters. The molecule has 0 amide bonds. The first-order chi connectivity index (χ1) is 7.66. The molecule has 16 heavy (non-hydrogen) atoms. The lowest BCUT2D eigenvalue weighted by molar-refractivity contribution is 0.238. The normalized spacial score (nSPS) is 12.6. The first kappa shape index (κ1) is 13.1. The van der Waals surface area contributed by atoms with Crippen LogP contribution in [0, 0.1) is 5.41 Å². The van der Waals surface area contributed by atoms with Gasteiger partial charge in [-0.1, -0.05) is 50.6 Å². The van der Waals surface area contributed by atoms with E-state index in [9.17, 15) is 0 Å². The summed E-state index contributed by atoms with van der Waals surface area (Å²) in [6.07, 6.45) is 2.02. The smallest absolute Gasteiger partial charge is 0.127 e. The summed E-state index contributed by atoms with van der Waals surface area (Å²) in [5.41, 5.74) is 1.57. The lowest BCUT2D eigenvalue weighted by atomic mass is 9.83. The Morgan fingerprint density at radius 3 is 2.25 bits per heavy atom. The number of ether oxygens (including phenoxy) is 1. The van der Waals surface area contributed by atoms with Crippen LogP contribution in [0.5, 0.6) is 5.75 Å². The fourth-order valence-corrected chi connectivity index (χ4v) is 1.80. The SMILES string of the molecule is CCC(C)(CC)C(=CCl)Oc1ccccc1. The van der Waals surface area contributed by atoms with Gasteiger partial charge < -0.3 is 4.74 Å². The summed E-state index contributed by atoms with van der Waals surface area (Å²) in [7, 11) is 0. The minimum atomic E-state index is 0.0115. The van der Waals surface area contributed by atoms with Crippen LogP contribution >= 0.6 is 11.6 Å². The third kappa shape index (κ3) is 3.02. The zero-order valence-corrected chi connectivity index (χ0v) is 10.9. The number of halogens is 1. The maximum atomic E-state index is 5.87. The Morgan fingerprint density at radius 2 is 1.81 bits per heavy atom. The Kier molecular flexibility index (Phi) is 4.88.